The number of ether oxygens (including phenoxy) is 16. The summed E-state index contributed by atoms with van der Waals surface area (Å²) in [6.07, 6.45) is 1.90. The van der Waals surface area contributed by atoms with E-state index in [2.05, 4.69) is 4.98 Å². The lowest BCUT2D eigenvalue weighted by molar-refractivity contribution is -0.148. The average molecular weight is 1790 g/mol. The standard InChI is InChI=1S/C25H32N2O6.C25H31NO6.C24H28ClNO5.C24H27NO7/c1-15-13-26-20(16(2)22(15)30-6)14-32-18-8-9-19-17(12-18)10-11-27(21(19)23(28)31-7)24(29)33-25(3,4)5;1-16-7-10-21(29-5)18(13-16)15-31-19-8-9-20-17(14-19)11-12-26(22(20)23(27)30-6)24(28)32-25(2,3)4;1-15-7-6-8-17(20(15)25)14-30-18-9-10-19-16(13-18)11-12-26(21(19)22(27)29-5)23(28)31-24(2,3)4;1-24(2,3)32-23(27)25-10-9-16-12-17(6-7-18(16)21(25)22(26)28-4)29-13-15-5-8-19-20(11-15)31-14-30-19/h8-9,12-13,21H,10-11,14H2,1-7H3;7-10,13-14,22H,11-12,15H2,1-6H3;6-10,13,21H,11-12,14H2,1-5H3;5-8,11-12,21H,9-10,13-14H2,1-4H3/t21-;22-;2*21-/m1111/s1. The van der Waals surface area contributed by atoms with Crippen molar-refractivity contribution in [2.75, 3.05) is 75.6 Å². The topological polar surface area (TPSA) is 310 Å². The summed E-state index contributed by atoms with van der Waals surface area (Å²) in [6, 6.07) is 36.0. The van der Waals surface area contributed by atoms with Crippen LogP contribution in [0.25, 0.3) is 0 Å². The number of esters is 4. The summed E-state index contributed by atoms with van der Waals surface area (Å²) in [6.45, 7) is 32.3. The molecule has 4 atom stereocenters. The highest BCUT2D eigenvalue weighted by molar-refractivity contribution is 6.32. The first-order valence-electron chi connectivity index (χ1n) is 42.1. The zero-order chi connectivity index (χ0) is 93.4. The van der Waals surface area contributed by atoms with Crippen molar-refractivity contribution in [3.8, 4) is 46.0 Å². The first kappa shape index (κ1) is 97.5. The van der Waals surface area contributed by atoms with E-state index in [0.29, 0.717) is 122 Å². The summed E-state index contributed by atoms with van der Waals surface area (Å²) in [5, 5.41) is 0.694. The van der Waals surface area contributed by atoms with Crippen LogP contribution in [0.2, 0.25) is 5.02 Å². The number of nitrogens with zero attached hydrogens (tertiary/aromatic N) is 5. The first-order chi connectivity index (χ1) is 60.5. The molecule has 8 aromatic rings. The zero-order valence-corrected chi connectivity index (χ0v) is 77.9. The minimum Gasteiger partial charge on any atom is -0.496 e. The van der Waals surface area contributed by atoms with Gasteiger partial charge in [0.25, 0.3) is 0 Å². The Morgan fingerprint density at radius 3 is 1.13 bits per heavy atom. The molecule has 128 heavy (non-hydrogen) atoms. The number of pyridine rings is 1. The predicted octanol–water partition coefficient (Wildman–Crippen LogP) is 18.1. The Bertz CT molecular complexity index is 5350. The molecule has 5 aliphatic rings. The molecular weight excluding hydrogens is 1670 g/mol. The van der Waals surface area contributed by atoms with Crippen molar-refractivity contribution in [3.05, 3.63) is 228 Å². The Balaban J connectivity index is 0.000000178. The molecule has 29 nitrogen and oxygen atoms in total. The molecule has 5 aliphatic heterocycles. The van der Waals surface area contributed by atoms with E-state index in [4.69, 9.17) is 87.4 Å². The van der Waals surface area contributed by atoms with Crippen molar-refractivity contribution in [1.29, 1.82) is 0 Å². The van der Waals surface area contributed by atoms with Gasteiger partial charge in [-0.3, -0.25) is 24.6 Å². The molecule has 0 spiro atoms. The van der Waals surface area contributed by atoms with E-state index in [1.807, 2.05) is 119 Å². The number of aryl methyl sites for hydroxylation is 3. The van der Waals surface area contributed by atoms with E-state index in [0.717, 1.165) is 89.7 Å². The first-order valence-corrected chi connectivity index (χ1v) is 42.5. The number of aromatic nitrogens is 1. The van der Waals surface area contributed by atoms with E-state index in [1.54, 1.807) is 140 Å². The van der Waals surface area contributed by atoms with Gasteiger partial charge in [-0.15, -0.1) is 0 Å². The van der Waals surface area contributed by atoms with Crippen molar-refractivity contribution < 1.29 is 114 Å². The van der Waals surface area contributed by atoms with E-state index >= 15 is 0 Å². The Labute approximate surface area is 753 Å². The molecule has 0 fully saturated rings. The van der Waals surface area contributed by atoms with Crippen LogP contribution in [-0.2, 0) is 109 Å². The lowest BCUT2D eigenvalue weighted by atomic mass is 9.92. The summed E-state index contributed by atoms with van der Waals surface area (Å²) < 4.78 is 87.5. The molecule has 0 N–H and O–H groups in total. The molecule has 6 heterocycles. The van der Waals surface area contributed by atoms with Gasteiger partial charge >= 0.3 is 48.3 Å². The summed E-state index contributed by atoms with van der Waals surface area (Å²) >= 11 is 6.36. The minimum atomic E-state index is -0.868. The van der Waals surface area contributed by atoms with Gasteiger partial charge in [0, 0.05) is 54.6 Å². The van der Waals surface area contributed by atoms with Gasteiger partial charge in [-0.25, -0.2) is 38.4 Å². The number of amides is 4. The molecule has 1 aromatic heterocycles. The third kappa shape index (κ3) is 25.2. The Kier molecular flexibility index (Phi) is 32.2. The van der Waals surface area contributed by atoms with Gasteiger partial charge in [0.1, 0.15) is 83.3 Å². The highest BCUT2D eigenvalue weighted by Gasteiger charge is 2.44. The molecule has 0 aliphatic carbocycles. The number of halogens is 1. The van der Waals surface area contributed by atoms with Gasteiger partial charge in [-0.1, -0.05) is 71.8 Å². The van der Waals surface area contributed by atoms with Crippen LogP contribution in [0.5, 0.6) is 46.0 Å². The normalized spacial score (nSPS) is 15.9. The van der Waals surface area contributed by atoms with Gasteiger partial charge in [0.15, 0.2) is 35.7 Å². The number of hydrogen-bond acceptors (Lipinski definition) is 25. The fourth-order valence-electron chi connectivity index (χ4n) is 15.0. The van der Waals surface area contributed by atoms with Gasteiger partial charge in [-0.2, -0.15) is 0 Å². The second kappa shape index (κ2) is 42.3. The molecule has 0 saturated heterocycles. The number of benzene rings is 7. The zero-order valence-electron chi connectivity index (χ0n) is 77.1. The van der Waals surface area contributed by atoms with E-state index in [-0.39, 0.29) is 13.4 Å². The average Bonchev–Trinajstić information content (AvgIpc) is 0.840. The Hall–Kier alpha value is -12.7. The van der Waals surface area contributed by atoms with E-state index in [1.165, 1.54) is 48.0 Å². The monoisotopic (exact) mass is 1780 g/mol. The molecule has 13 rings (SSSR count). The smallest absolute Gasteiger partial charge is 0.411 e. The maximum absolute atomic E-state index is 12.7. The molecule has 30 heteroatoms. The third-order valence-electron chi connectivity index (χ3n) is 21.0. The minimum absolute atomic E-state index is 0.228. The van der Waals surface area contributed by atoms with Gasteiger partial charge in [-0.05, 0) is 265 Å². The highest BCUT2D eigenvalue weighted by atomic mass is 35.5. The summed E-state index contributed by atoms with van der Waals surface area (Å²) in [5.74, 6) is 3.66. The van der Waals surface area contributed by atoms with Gasteiger partial charge in [0.2, 0.25) is 6.79 Å². The Morgan fingerprint density at radius 1 is 0.398 bits per heavy atom. The van der Waals surface area contributed by atoms with Crippen LogP contribution in [0.1, 0.15) is 196 Å². The quantitative estimate of drug-likeness (QED) is 0.0569. The molecule has 0 bridgehead atoms. The molecule has 0 radical (unpaired) electrons. The number of carbonyl (C=O) groups is 8. The van der Waals surface area contributed by atoms with Crippen molar-refractivity contribution in [3.63, 3.8) is 0 Å². The van der Waals surface area contributed by atoms with Crippen molar-refractivity contribution in [2.45, 2.75) is 209 Å². The molecule has 4 amide bonds. The van der Waals surface area contributed by atoms with Crippen LogP contribution in [-0.4, -0.2) is 171 Å². The maximum atomic E-state index is 12.7. The molecule has 0 saturated carbocycles. The maximum Gasteiger partial charge on any atom is 0.411 e. The Morgan fingerprint density at radius 2 is 0.766 bits per heavy atom. The lowest BCUT2D eigenvalue weighted by Crippen LogP contribution is -2.46. The SMILES string of the molecule is COC(=O)[C@H]1c2ccc(OCc3cc(C)ccc3OC)cc2CCN1C(=O)OC(C)(C)C.COC(=O)[C@H]1c2ccc(OCc3ccc4c(c3)OCO4)cc2CCN1C(=O)OC(C)(C)C.COC(=O)[C@H]1c2ccc(OCc3cccc(C)c3Cl)cc2CCN1C(=O)OC(C)(C)C.COC(=O)[C@H]1c2ccc(OCc3ncc(C)c(OC)c3C)cc2CCN1C(=O)OC(C)(C)C. The van der Waals surface area contributed by atoms with Crippen LogP contribution in [0.15, 0.2) is 134 Å². The van der Waals surface area contributed by atoms with Crippen molar-refractivity contribution >= 4 is 59.9 Å². The van der Waals surface area contributed by atoms with Crippen LogP contribution in [0.3, 0.4) is 0 Å². The van der Waals surface area contributed by atoms with Gasteiger partial charge in [0.05, 0.1) is 53.4 Å². The molecule has 0 unspecified atom stereocenters. The van der Waals surface area contributed by atoms with Crippen LogP contribution >= 0.6 is 11.6 Å². The second-order valence-corrected chi connectivity index (χ2v) is 35.5. The van der Waals surface area contributed by atoms with Crippen LogP contribution in [0, 0.1) is 27.7 Å². The molecule has 686 valence electrons. The predicted molar refractivity (Wildman–Crippen MR) is 475 cm³/mol. The number of rotatable bonds is 18. The summed E-state index contributed by atoms with van der Waals surface area (Å²) in [4.78, 5) is 111. The van der Waals surface area contributed by atoms with Crippen LogP contribution < -0.4 is 37.9 Å². The van der Waals surface area contributed by atoms with Crippen molar-refractivity contribution in [2.24, 2.45) is 0 Å². The van der Waals surface area contributed by atoms with Crippen LogP contribution in [0.4, 0.5) is 19.2 Å². The lowest BCUT2D eigenvalue weighted by Gasteiger charge is -2.36. The fraction of sp³-hybridized carbons (Fsp3) is 0.439. The molecule has 7 aromatic carbocycles. The number of methoxy groups -OCH3 is 6. The van der Waals surface area contributed by atoms with Crippen molar-refractivity contribution in [1.82, 2.24) is 24.6 Å². The fourth-order valence-corrected chi connectivity index (χ4v) is 15.2. The third-order valence-corrected chi connectivity index (χ3v) is 21.6. The number of carbonyl (C=O) groups excluding carboxylic acids is 8. The summed E-state index contributed by atoms with van der Waals surface area (Å²) in [7, 11) is 8.53. The second-order valence-electron chi connectivity index (χ2n) is 35.1. The number of fused-ring (bicyclic) bond motifs is 5. The number of hydrogen-bond donors (Lipinski definition) is 0. The summed E-state index contributed by atoms with van der Waals surface area (Å²) in [5.41, 5.74) is 11.6. The highest BCUT2D eigenvalue weighted by Crippen LogP contribution is 2.42. The van der Waals surface area contributed by atoms with Gasteiger partial charge < -0.3 is 75.8 Å². The largest absolute Gasteiger partial charge is 0.496 e. The van der Waals surface area contributed by atoms with E-state index < -0.39 is 94.8 Å². The molecular formula is C98H118ClN5O24. The van der Waals surface area contributed by atoms with E-state index in [9.17, 15) is 38.4 Å².